The predicted octanol–water partition coefficient (Wildman–Crippen LogP) is 2.37. The van der Waals surface area contributed by atoms with Crippen molar-refractivity contribution in [3.05, 3.63) is 35.4 Å². The fourth-order valence-electron chi connectivity index (χ4n) is 3.49. The molecule has 0 bridgehead atoms. The molecule has 2 saturated carbocycles. The number of carboxylic acids is 1. The molecule has 8 heteroatoms. The van der Waals surface area contributed by atoms with Gasteiger partial charge in [0, 0.05) is 37.0 Å². The monoisotopic (exact) mass is 394 g/mol. The molecule has 6 nitrogen and oxygen atoms in total. The van der Waals surface area contributed by atoms with Crippen LogP contribution in [0.4, 0.5) is 8.78 Å². The molecule has 1 aromatic rings. The van der Waals surface area contributed by atoms with Crippen molar-refractivity contribution in [3.8, 4) is 0 Å². The summed E-state index contributed by atoms with van der Waals surface area (Å²) in [6.07, 6.45) is 3.58. The summed E-state index contributed by atoms with van der Waals surface area (Å²) in [6.45, 7) is 0.810. The molecule has 0 aliphatic heterocycles. The molecule has 0 radical (unpaired) electrons. The van der Waals surface area contributed by atoms with Crippen LogP contribution in [0.2, 0.25) is 0 Å². The second-order valence-electron chi connectivity index (χ2n) is 7.71. The minimum absolute atomic E-state index is 0.0184. The lowest BCUT2D eigenvalue weighted by Crippen LogP contribution is -2.55. The highest BCUT2D eigenvalue weighted by Gasteiger charge is 2.37. The van der Waals surface area contributed by atoms with Gasteiger partial charge in [-0.3, -0.25) is 19.3 Å². The zero-order valence-corrected chi connectivity index (χ0v) is 15.5. The Kier molecular flexibility index (Phi) is 6.39. The number of nitrogens with one attached hydrogen (secondary N) is 1. The van der Waals surface area contributed by atoms with E-state index in [4.69, 9.17) is 5.11 Å². The number of Topliss-reactive ketones (excluding diaryl/α,β-unsaturated/α-hetero) is 1. The van der Waals surface area contributed by atoms with Crippen LogP contribution >= 0.6 is 0 Å². The van der Waals surface area contributed by atoms with Crippen LogP contribution in [0.3, 0.4) is 0 Å². The van der Waals surface area contributed by atoms with Crippen LogP contribution in [-0.4, -0.2) is 52.8 Å². The molecule has 0 unspecified atom stereocenters. The molecular weight excluding hydrogens is 370 g/mol. The standard InChI is InChI=1S/C20H24F2N2O4/c21-16-4-3-13(7-17(16)22)18(25)5-6-19(26)23-14-8-15(9-14)24(11-20(27)28)10-12-1-2-12/h3-4,7,12,14-15H,1-2,5-6,8-11H2,(H,23,26)(H,27,28). The van der Waals surface area contributed by atoms with E-state index < -0.39 is 23.4 Å². The molecule has 2 N–H and O–H groups in total. The highest BCUT2D eigenvalue weighted by molar-refractivity contribution is 5.97. The average Bonchev–Trinajstić information content (AvgIpc) is 3.41. The smallest absolute Gasteiger partial charge is 0.317 e. The third-order valence-electron chi connectivity index (χ3n) is 5.34. The van der Waals surface area contributed by atoms with Gasteiger partial charge in [0.25, 0.3) is 0 Å². The van der Waals surface area contributed by atoms with Crippen molar-refractivity contribution in [1.82, 2.24) is 10.2 Å². The SMILES string of the molecule is O=C(O)CN(CC1CC1)C1CC(NC(=O)CCC(=O)c2ccc(F)c(F)c2)C1. The highest BCUT2D eigenvalue weighted by atomic mass is 19.2. The lowest BCUT2D eigenvalue weighted by atomic mass is 9.85. The summed E-state index contributed by atoms with van der Waals surface area (Å²) in [6, 6.07) is 3.06. The van der Waals surface area contributed by atoms with Crippen LogP contribution in [0.25, 0.3) is 0 Å². The second-order valence-corrected chi connectivity index (χ2v) is 7.71. The summed E-state index contributed by atoms with van der Waals surface area (Å²) < 4.78 is 26.1. The number of ketones is 1. The van der Waals surface area contributed by atoms with Crippen molar-refractivity contribution >= 4 is 17.7 Å². The van der Waals surface area contributed by atoms with Crippen molar-refractivity contribution in [3.63, 3.8) is 0 Å². The van der Waals surface area contributed by atoms with Crippen molar-refractivity contribution in [2.45, 2.75) is 50.6 Å². The number of carbonyl (C=O) groups is 3. The van der Waals surface area contributed by atoms with Crippen LogP contribution < -0.4 is 5.32 Å². The van der Waals surface area contributed by atoms with Crippen LogP contribution in [0.5, 0.6) is 0 Å². The number of nitrogens with zero attached hydrogens (tertiary/aromatic N) is 1. The Morgan fingerprint density at radius 2 is 1.82 bits per heavy atom. The van der Waals surface area contributed by atoms with Crippen LogP contribution in [0.1, 0.15) is 48.9 Å². The van der Waals surface area contributed by atoms with Gasteiger partial charge < -0.3 is 10.4 Å². The van der Waals surface area contributed by atoms with Gasteiger partial charge >= 0.3 is 5.97 Å². The Morgan fingerprint density at radius 1 is 1.11 bits per heavy atom. The number of hydrogen-bond acceptors (Lipinski definition) is 4. The van der Waals surface area contributed by atoms with Crippen LogP contribution in [0, 0.1) is 17.6 Å². The lowest BCUT2D eigenvalue weighted by Gasteiger charge is -2.42. The fraction of sp³-hybridized carbons (Fsp3) is 0.550. The van der Waals surface area contributed by atoms with Gasteiger partial charge in [0.1, 0.15) is 0 Å². The summed E-state index contributed by atoms with van der Waals surface area (Å²) in [7, 11) is 0. The number of benzene rings is 1. The quantitative estimate of drug-likeness (QED) is 0.595. The van der Waals surface area contributed by atoms with E-state index >= 15 is 0 Å². The van der Waals surface area contributed by atoms with Crippen LogP contribution in [-0.2, 0) is 9.59 Å². The van der Waals surface area contributed by atoms with Gasteiger partial charge in [-0.05, 0) is 49.8 Å². The minimum atomic E-state index is -1.09. The zero-order valence-electron chi connectivity index (χ0n) is 15.5. The molecule has 2 fully saturated rings. The number of amides is 1. The Balaban J connectivity index is 1.39. The van der Waals surface area contributed by atoms with E-state index in [2.05, 4.69) is 5.32 Å². The van der Waals surface area contributed by atoms with E-state index in [1.165, 1.54) is 6.07 Å². The average molecular weight is 394 g/mol. The molecule has 3 rings (SSSR count). The Bertz CT molecular complexity index is 761. The van der Waals surface area contributed by atoms with E-state index in [0.29, 0.717) is 18.8 Å². The van der Waals surface area contributed by atoms with E-state index in [1.54, 1.807) is 0 Å². The van der Waals surface area contributed by atoms with Gasteiger partial charge in [-0.15, -0.1) is 0 Å². The normalized spacial score (nSPS) is 21.2. The molecule has 0 aromatic heterocycles. The van der Waals surface area contributed by atoms with E-state index in [0.717, 1.165) is 31.5 Å². The Hall–Kier alpha value is -2.35. The van der Waals surface area contributed by atoms with Crippen molar-refractivity contribution < 1.29 is 28.3 Å². The van der Waals surface area contributed by atoms with Crippen LogP contribution in [0.15, 0.2) is 18.2 Å². The van der Waals surface area contributed by atoms with E-state index in [-0.39, 0.29) is 42.9 Å². The van der Waals surface area contributed by atoms with Gasteiger partial charge in [0.05, 0.1) is 6.54 Å². The zero-order chi connectivity index (χ0) is 20.3. The number of carboxylic acid groups (broad SMARTS) is 1. The molecule has 0 heterocycles. The molecule has 152 valence electrons. The van der Waals surface area contributed by atoms with Gasteiger partial charge in [-0.25, -0.2) is 8.78 Å². The first-order valence-corrected chi connectivity index (χ1v) is 9.55. The third-order valence-corrected chi connectivity index (χ3v) is 5.34. The number of rotatable bonds is 10. The number of aliphatic carboxylic acids is 1. The maximum Gasteiger partial charge on any atom is 0.317 e. The molecule has 0 spiro atoms. The molecule has 2 aliphatic rings. The summed E-state index contributed by atoms with van der Waals surface area (Å²) >= 11 is 0. The summed E-state index contributed by atoms with van der Waals surface area (Å²) in [5.74, 6) is -3.05. The van der Waals surface area contributed by atoms with E-state index in [1.807, 2.05) is 4.90 Å². The summed E-state index contributed by atoms with van der Waals surface area (Å²) in [4.78, 5) is 37.1. The van der Waals surface area contributed by atoms with Crippen molar-refractivity contribution in [1.29, 1.82) is 0 Å². The first-order chi connectivity index (χ1) is 13.3. The van der Waals surface area contributed by atoms with Crippen molar-refractivity contribution in [2.75, 3.05) is 13.1 Å². The number of hydrogen-bond donors (Lipinski definition) is 2. The van der Waals surface area contributed by atoms with Crippen molar-refractivity contribution in [2.24, 2.45) is 5.92 Å². The summed E-state index contributed by atoms with van der Waals surface area (Å²) in [5.41, 5.74) is 0.0415. The Labute approximate surface area is 161 Å². The first kappa shape index (κ1) is 20.4. The number of carbonyl (C=O) groups excluding carboxylic acids is 2. The lowest BCUT2D eigenvalue weighted by molar-refractivity contribution is -0.140. The molecule has 2 aliphatic carbocycles. The van der Waals surface area contributed by atoms with E-state index in [9.17, 15) is 23.2 Å². The summed E-state index contributed by atoms with van der Waals surface area (Å²) in [5, 5.41) is 11.9. The molecule has 1 amide bonds. The fourth-order valence-corrected chi connectivity index (χ4v) is 3.49. The maximum atomic E-state index is 13.2. The predicted molar refractivity (Wildman–Crippen MR) is 96.8 cm³/mol. The van der Waals surface area contributed by atoms with Gasteiger partial charge in [0.2, 0.25) is 5.91 Å². The third kappa shape index (κ3) is 5.58. The maximum absolute atomic E-state index is 13.2. The highest BCUT2D eigenvalue weighted by Crippen LogP contribution is 2.33. The molecule has 0 saturated heterocycles. The van der Waals surface area contributed by atoms with Gasteiger partial charge in [-0.1, -0.05) is 0 Å². The molecule has 28 heavy (non-hydrogen) atoms. The second kappa shape index (κ2) is 8.77. The molecule has 1 aromatic carbocycles. The minimum Gasteiger partial charge on any atom is -0.480 e. The van der Waals surface area contributed by atoms with Gasteiger partial charge in [0.15, 0.2) is 17.4 Å². The molecular formula is C20H24F2N2O4. The molecule has 0 atom stereocenters. The first-order valence-electron chi connectivity index (χ1n) is 9.55. The van der Waals surface area contributed by atoms with Gasteiger partial charge in [-0.2, -0.15) is 0 Å². The Morgan fingerprint density at radius 3 is 2.43 bits per heavy atom. The topological polar surface area (TPSA) is 86.7 Å². The number of halogens is 2. The largest absolute Gasteiger partial charge is 0.480 e.